The molecule has 6 nitrogen and oxygen atoms in total. The van der Waals surface area contributed by atoms with Gasteiger partial charge in [0, 0.05) is 54.6 Å². The van der Waals surface area contributed by atoms with E-state index in [1.54, 1.807) is 14.2 Å². The first kappa shape index (κ1) is 16.2. The predicted molar refractivity (Wildman–Crippen MR) is 95.0 cm³/mol. The molecule has 2 heterocycles. The Morgan fingerprint density at radius 2 is 1.91 bits per heavy atom. The predicted octanol–water partition coefficient (Wildman–Crippen LogP) is 2.33. The van der Waals surface area contributed by atoms with Crippen LogP contribution in [0.2, 0.25) is 0 Å². The normalized spacial score (nSPS) is 15.9. The zero-order valence-corrected chi connectivity index (χ0v) is 14.2. The maximum absolute atomic E-state index is 5.50. The molecule has 1 aliphatic heterocycles. The second-order valence-corrected chi connectivity index (χ2v) is 6.02. The van der Waals surface area contributed by atoms with Crippen LogP contribution in [0, 0.1) is 0 Å². The number of rotatable bonds is 5. The number of nitrogens with one attached hydrogen (secondary N) is 1. The molecule has 0 atom stereocenters. The van der Waals surface area contributed by atoms with Crippen LogP contribution in [0.1, 0.15) is 12.8 Å². The quantitative estimate of drug-likeness (QED) is 0.813. The van der Waals surface area contributed by atoms with Crippen molar-refractivity contribution in [2.75, 3.05) is 32.2 Å². The van der Waals surface area contributed by atoms with Gasteiger partial charge in [0.2, 0.25) is 0 Å². The van der Waals surface area contributed by atoms with E-state index in [0.29, 0.717) is 11.8 Å². The van der Waals surface area contributed by atoms with Gasteiger partial charge in [0.15, 0.2) is 11.5 Å². The van der Waals surface area contributed by atoms with Crippen molar-refractivity contribution < 1.29 is 9.47 Å². The van der Waals surface area contributed by atoms with E-state index in [1.165, 1.54) is 17.8 Å². The molecule has 3 rings (SSSR count). The van der Waals surface area contributed by atoms with Crippen molar-refractivity contribution in [2.45, 2.75) is 18.9 Å². The highest BCUT2D eigenvalue weighted by Crippen LogP contribution is 2.36. The topological polar surface area (TPSA) is 72.6 Å². The highest BCUT2D eigenvalue weighted by Gasteiger charge is 2.21. The highest BCUT2D eigenvalue weighted by molar-refractivity contribution is 7.95. The van der Waals surface area contributed by atoms with Crippen LogP contribution in [0.15, 0.2) is 24.4 Å². The number of nitrogens with two attached hydrogens (primary N) is 1. The molecule has 1 aromatic heterocycles. The number of methoxy groups -OCH3 is 2. The molecule has 0 aliphatic carbocycles. The number of anilines is 1. The van der Waals surface area contributed by atoms with Crippen molar-refractivity contribution in [1.82, 2.24) is 9.71 Å². The second kappa shape index (κ2) is 7.25. The molecule has 1 fully saturated rings. The van der Waals surface area contributed by atoms with Crippen molar-refractivity contribution in [2.24, 2.45) is 5.14 Å². The fourth-order valence-corrected chi connectivity index (χ4v) is 3.50. The average molecular weight is 334 g/mol. The Bertz CT molecular complexity index is 674. The van der Waals surface area contributed by atoms with Crippen LogP contribution in [0.3, 0.4) is 0 Å². The SMILES string of the molecule is COc1cc2nccc(N3CCC(NSN)CC3)c2cc1OC. The van der Waals surface area contributed by atoms with Gasteiger partial charge in [-0.15, -0.1) is 0 Å². The zero-order chi connectivity index (χ0) is 16.2. The van der Waals surface area contributed by atoms with Crippen molar-refractivity contribution in [1.29, 1.82) is 0 Å². The second-order valence-electron chi connectivity index (χ2n) is 5.55. The lowest BCUT2D eigenvalue weighted by atomic mass is 10.0. The van der Waals surface area contributed by atoms with E-state index in [4.69, 9.17) is 14.6 Å². The summed E-state index contributed by atoms with van der Waals surface area (Å²) in [4.78, 5) is 6.87. The van der Waals surface area contributed by atoms with Crippen LogP contribution in [0.4, 0.5) is 5.69 Å². The smallest absolute Gasteiger partial charge is 0.162 e. The molecule has 0 saturated carbocycles. The molecule has 124 valence electrons. The maximum atomic E-state index is 5.50. The highest BCUT2D eigenvalue weighted by atomic mass is 32.2. The molecule has 23 heavy (non-hydrogen) atoms. The summed E-state index contributed by atoms with van der Waals surface area (Å²) in [5, 5.41) is 6.58. The molecule has 1 saturated heterocycles. The Labute approximate surface area is 140 Å². The summed E-state index contributed by atoms with van der Waals surface area (Å²) in [5.41, 5.74) is 2.10. The Kier molecular flexibility index (Phi) is 5.09. The summed E-state index contributed by atoms with van der Waals surface area (Å²) in [6.07, 6.45) is 3.99. The van der Waals surface area contributed by atoms with E-state index in [1.807, 2.05) is 18.3 Å². The third-order valence-corrected chi connectivity index (χ3v) is 4.76. The van der Waals surface area contributed by atoms with Gasteiger partial charge in [0.05, 0.1) is 19.7 Å². The van der Waals surface area contributed by atoms with Crippen molar-refractivity contribution in [3.63, 3.8) is 0 Å². The van der Waals surface area contributed by atoms with Gasteiger partial charge in [-0.3, -0.25) is 10.1 Å². The standard InChI is InChI=1S/C16H22N4O2S/c1-21-15-9-12-13(10-16(15)22-2)18-6-3-14(12)20-7-4-11(5-8-20)19-23-17/h3,6,9-11,19H,4-5,7-8,17H2,1-2H3. The molecular formula is C16H22N4O2S. The Morgan fingerprint density at radius 1 is 1.22 bits per heavy atom. The number of ether oxygens (including phenoxy) is 2. The molecule has 2 aromatic rings. The fraction of sp³-hybridized carbons (Fsp3) is 0.438. The van der Waals surface area contributed by atoms with Crippen LogP contribution in [-0.4, -0.2) is 38.3 Å². The van der Waals surface area contributed by atoms with Crippen LogP contribution in [0.5, 0.6) is 11.5 Å². The minimum Gasteiger partial charge on any atom is -0.493 e. The minimum absolute atomic E-state index is 0.476. The Balaban J connectivity index is 1.92. The van der Waals surface area contributed by atoms with E-state index >= 15 is 0 Å². The summed E-state index contributed by atoms with van der Waals surface area (Å²) in [7, 11) is 3.29. The number of fused-ring (bicyclic) bond motifs is 1. The molecule has 1 aromatic carbocycles. The van der Waals surface area contributed by atoms with E-state index in [9.17, 15) is 0 Å². The van der Waals surface area contributed by atoms with Crippen molar-refractivity contribution in [3.05, 3.63) is 24.4 Å². The van der Waals surface area contributed by atoms with Gasteiger partial charge >= 0.3 is 0 Å². The molecule has 0 radical (unpaired) electrons. The minimum atomic E-state index is 0.476. The fourth-order valence-electron chi connectivity index (χ4n) is 3.07. The lowest BCUT2D eigenvalue weighted by molar-refractivity contribution is 0.356. The van der Waals surface area contributed by atoms with Crippen molar-refractivity contribution >= 4 is 28.7 Å². The number of hydrogen-bond donors (Lipinski definition) is 2. The van der Waals surface area contributed by atoms with Gasteiger partial charge in [-0.05, 0) is 25.0 Å². The maximum Gasteiger partial charge on any atom is 0.162 e. The van der Waals surface area contributed by atoms with E-state index in [-0.39, 0.29) is 0 Å². The van der Waals surface area contributed by atoms with Crippen LogP contribution in [-0.2, 0) is 0 Å². The molecule has 3 N–H and O–H groups in total. The number of nitrogens with zero attached hydrogens (tertiary/aromatic N) is 2. The van der Waals surface area contributed by atoms with Gasteiger partial charge in [-0.2, -0.15) is 0 Å². The summed E-state index contributed by atoms with van der Waals surface area (Å²) >= 11 is 1.21. The molecule has 1 aliphatic rings. The third-order valence-electron chi connectivity index (χ3n) is 4.29. The number of piperidine rings is 1. The van der Waals surface area contributed by atoms with Crippen LogP contribution in [0.25, 0.3) is 10.9 Å². The molecule has 0 amide bonds. The van der Waals surface area contributed by atoms with E-state index < -0.39 is 0 Å². The largest absolute Gasteiger partial charge is 0.493 e. The average Bonchev–Trinajstić information content (AvgIpc) is 2.61. The number of aromatic nitrogens is 1. The molecule has 0 unspecified atom stereocenters. The first-order valence-electron chi connectivity index (χ1n) is 7.63. The lowest BCUT2D eigenvalue weighted by Crippen LogP contribution is -2.41. The van der Waals surface area contributed by atoms with Gasteiger partial charge in [0.1, 0.15) is 0 Å². The summed E-state index contributed by atoms with van der Waals surface area (Å²) in [6.45, 7) is 1.98. The van der Waals surface area contributed by atoms with Crippen molar-refractivity contribution in [3.8, 4) is 11.5 Å². The summed E-state index contributed by atoms with van der Waals surface area (Å²) in [6, 6.07) is 6.48. The first-order chi connectivity index (χ1) is 11.3. The van der Waals surface area contributed by atoms with Gasteiger partial charge in [-0.25, -0.2) is 4.72 Å². The van der Waals surface area contributed by atoms with Gasteiger partial charge in [0.25, 0.3) is 0 Å². The number of hydrogen-bond acceptors (Lipinski definition) is 7. The Morgan fingerprint density at radius 3 is 2.57 bits per heavy atom. The van der Waals surface area contributed by atoms with Gasteiger partial charge < -0.3 is 14.4 Å². The van der Waals surface area contributed by atoms with Gasteiger partial charge in [-0.1, -0.05) is 0 Å². The van der Waals surface area contributed by atoms with Crippen LogP contribution < -0.4 is 24.2 Å². The third kappa shape index (κ3) is 3.31. The molecule has 0 spiro atoms. The van der Waals surface area contributed by atoms with E-state index in [2.05, 4.69) is 20.7 Å². The summed E-state index contributed by atoms with van der Waals surface area (Å²) in [5.74, 6) is 1.43. The Hall–Kier alpha value is -1.70. The lowest BCUT2D eigenvalue weighted by Gasteiger charge is -2.34. The molecular weight excluding hydrogens is 312 g/mol. The number of pyridine rings is 1. The molecule has 7 heteroatoms. The number of benzene rings is 1. The zero-order valence-electron chi connectivity index (χ0n) is 13.4. The first-order valence-corrected chi connectivity index (χ1v) is 8.51. The van der Waals surface area contributed by atoms with E-state index in [0.717, 1.165) is 42.6 Å². The summed E-state index contributed by atoms with van der Waals surface area (Å²) < 4.78 is 14.1. The van der Waals surface area contributed by atoms with Crippen LogP contribution >= 0.6 is 12.1 Å². The molecule has 0 bridgehead atoms. The monoisotopic (exact) mass is 334 g/mol.